The van der Waals surface area contributed by atoms with E-state index in [0.717, 1.165) is 24.9 Å². The molecule has 0 spiro atoms. The molecule has 0 aliphatic carbocycles. The van der Waals surface area contributed by atoms with Gasteiger partial charge in [0.1, 0.15) is 6.04 Å². The molecule has 2 aromatic rings. The first kappa shape index (κ1) is 12.8. The molecule has 1 saturated heterocycles. The number of hydrogen-bond acceptors (Lipinski definition) is 4. The molecule has 0 unspecified atom stereocenters. The molecule has 5 heteroatoms. The standard InChI is InChI=1S/C15H17N3O2/c1-2-12(18-10-6-9-13(18)19)15-17-16-14(20-15)11-7-4-3-5-8-11/h3-5,7-8,12H,2,6,9-10H2,1H3/t12-/m0/s1. The number of aromatic nitrogens is 2. The van der Waals surface area contributed by atoms with Gasteiger partial charge in [-0.25, -0.2) is 0 Å². The van der Waals surface area contributed by atoms with Crippen molar-refractivity contribution in [3.05, 3.63) is 36.2 Å². The lowest BCUT2D eigenvalue weighted by Gasteiger charge is -2.23. The van der Waals surface area contributed by atoms with Gasteiger partial charge in [0.15, 0.2) is 0 Å². The maximum Gasteiger partial charge on any atom is 0.247 e. The van der Waals surface area contributed by atoms with Crippen LogP contribution in [0.5, 0.6) is 0 Å². The van der Waals surface area contributed by atoms with Crippen molar-refractivity contribution in [3.8, 4) is 11.5 Å². The molecule has 0 N–H and O–H groups in total. The van der Waals surface area contributed by atoms with Gasteiger partial charge in [-0.15, -0.1) is 10.2 Å². The maximum absolute atomic E-state index is 11.9. The van der Waals surface area contributed by atoms with Crippen molar-refractivity contribution in [2.75, 3.05) is 6.54 Å². The Morgan fingerprint density at radius 2 is 2.10 bits per heavy atom. The van der Waals surface area contributed by atoms with E-state index in [-0.39, 0.29) is 11.9 Å². The van der Waals surface area contributed by atoms with Crippen molar-refractivity contribution in [1.29, 1.82) is 0 Å². The van der Waals surface area contributed by atoms with Crippen molar-refractivity contribution in [2.24, 2.45) is 0 Å². The van der Waals surface area contributed by atoms with Crippen LogP contribution in [0.3, 0.4) is 0 Å². The second kappa shape index (κ2) is 5.45. The van der Waals surface area contributed by atoms with Crippen LogP contribution >= 0.6 is 0 Å². The van der Waals surface area contributed by atoms with Crippen LogP contribution in [0.2, 0.25) is 0 Å². The fraction of sp³-hybridized carbons (Fsp3) is 0.400. The van der Waals surface area contributed by atoms with E-state index in [1.54, 1.807) is 0 Å². The number of benzene rings is 1. The van der Waals surface area contributed by atoms with Gasteiger partial charge in [0.05, 0.1) is 0 Å². The SMILES string of the molecule is CC[C@@H](c1nnc(-c2ccccc2)o1)N1CCCC1=O. The van der Waals surface area contributed by atoms with Crippen LogP contribution < -0.4 is 0 Å². The maximum atomic E-state index is 11.9. The highest BCUT2D eigenvalue weighted by Gasteiger charge is 2.31. The van der Waals surface area contributed by atoms with E-state index in [4.69, 9.17) is 4.42 Å². The van der Waals surface area contributed by atoms with Crippen molar-refractivity contribution >= 4 is 5.91 Å². The van der Waals surface area contributed by atoms with Crippen LogP contribution in [-0.4, -0.2) is 27.5 Å². The first-order chi connectivity index (χ1) is 9.79. The van der Waals surface area contributed by atoms with Crippen molar-refractivity contribution in [1.82, 2.24) is 15.1 Å². The molecule has 1 fully saturated rings. The van der Waals surface area contributed by atoms with E-state index in [0.29, 0.717) is 18.2 Å². The van der Waals surface area contributed by atoms with Gasteiger partial charge in [0.25, 0.3) is 0 Å². The molecule has 20 heavy (non-hydrogen) atoms. The molecule has 0 radical (unpaired) electrons. The Balaban J connectivity index is 1.86. The first-order valence-electron chi connectivity index (χ1n) is 6.98. The van der Waals surface area contributed by atoms with Gasteiger partial charge in [0.2, 0.25) is 17.7 Å². The molecule has 0 bridgehead atoms. The highest BCUT2D eigenvalue weighted by atomic mass is 16.4. The van der Waals surface area contributed by atoms with E-state index >= 15 is 0 Å². The molecule has 1 aromatic heterocycles. The molecule has 104 valence electrons. The molecule has 1 aliphatic heterocycles. The number of amides is 1. The summed E-state index contributed by atoms with van der Waals surface area (Å²) in [5.41, 5.74) is 0.897. The molecule has 1 aromatic carbocycles. The number of likely N-dealkylation sites (tertiary alicyclic amines) is 1. The van der Waals surface area contributed by atoms with Gasteiger partial charge in [0, 0.05) is 18.5 Å². The van der Waals surface area contributed by atoms with Gasteiger partial charge in [-0.2, -0.15) is 0 Å². The summed E-state index contributed by atoms with van der Waals surface area (Å²) in [4.78, 5) is 13.7. The second-order valence-corrected chi connectivity index (χ2v) is 4.93. The van der Waals surface area contributed by atoms with Gasteiger partial charge in [-0.05, 0) is 25.0 Å². The fourth-order valence-electron chi connectivity index (χ4n) is 2.59. The molecule has 1 amide bonds. The third-order valence-corrected chi connectivity index (χ3v) is 3.62. The highest BCUT2D eigenvalue weighted by Crippen LogP contribution is 2.29. The quantitative estimate of drug-likeness (QED) is 0.858. The number of hydrogen-bond donors (Lipinski definition) is 0. The lowest BCUT2D eigenvalue weighted by Crippen LogP contribution is -2.29. The summed E-state index contributed by atoms with van der Waals surface area (Å²) in [6.45, 7) is 2.81. The van der Waals surface area contributed by atoms with E-state index in [1.807, 2.05) is 42.2 Å². The Hall–Kier alpha value is -2.17. The summed E-state index contributed by atoms with van der Waals surface area (Å²) in [6, 6.07) is 9.56. The Morgan fingerprint density at radius 1 is 1.30 bits per heavy atom. The number of nitrogens with zero attached hydrogens (tertiary/aromatic N) is 3. The number of carbonyl (C=O) groups is 1. The molecular formula is C15H17N3O2. The zero-order valence-electron chi connectivity index (χ0n) is 11.5. The van der Waals surface area contributed by atoms with Gasteiger partial charge < -0.3 is 9.32 Å². The Kier molecular flexibility index (Phi) is 3.50. The summed E-state index contributed by atoms with van der Waals surface area (Å²) < 4.78 is 5.77. The molecule has 3 rings (SSSR count). The third kappa shape index (κ3) is 2.31. The largest absolute Gasteiger partial charge is 0.418 e. The minimum Gasteiger partial charge on any atom is -0.418 e. The average Bonchev–Trinajstić information content (AvgIpc) is 3.12. The average molecular weight is 271 g/mol. The van der Waals surface area contributed by atoms with Crippen LogP contribution in [-0.2, 0) is 4.79 Å². The molecule has 2 heterocycles. The van der Waals surface area contributed by atoms with Gasteiger partial charge >= 0.3 is 0 Å². The van der Waals surface area contributed by atoms with Crippen LogP contribution in [0.25, 0.3) is 11.5 Å². The molecule has 1 atom stereocenters. The van der Waals surface area contributed by atoms with Gasteiger partial charge in [-0.3, -0.25) is 4.79 Å². The van der Waals surface area contributed by atoms with Crippen LogP contribution in [0.4, 0.5) is 0 Å². The Labute approximate surface area is 117 Å². The highest BCUT2D eigenvalue weighted by molar-refractivity contribution is 5.78. The topological polar surface area (TPSA) is 59.2 Å². The van der Waals surface area contributed by atoms with Crippen LogP contribution in [0.15, 0.2) is 34.7 Å². The minimum atomic E-state index is -0.102. The predicted octanol–water partition coefficient (Wildman–Crippen LogP) is 2.81. The smallest absolute Gasteiger partial charge is 0.247 e. The van der Waals surface area contributed by atoms with Crippen molar-refractivity contribution < 1.29 is 9.21 Å². The predicted molar refractivity (Wildman–Crippen MR) is 73.7 cm³/mol. The Bertz CT molecular complexity index is 594. The molecular weight excluding hydrogens is 254 g/mol. The van der Waals surface area contributed by atoms with E-state index < -0.39 is 0 Å². The van der Waals surface area contributed by atoms with Crippen LogP contribution in [0, 0.1) is 0 Å². The third-order valence-electron chi connectivity index (χ3n) is 3.62. The summed E-state index contributed by atoms with van der Waals surface area (Å²) in [5, 5.41) is 8.23. The zero-order valence-corrected chi connectivity index (χ0v) is 11.5. The van der Waals surface area contributed by atoms with Gasteiger partial charge in [-0.1, -0.05) is 25.1 Å². The summed E-state index contributed by atoms with van der Waals surface area (Å²) in [7, 11) is 0. The summed E-state index contributed by atoms with van der Waals surface area (Å²) >= 11 is 0. The van der Waals surface area contributed by atoms with E-state index in [1.165, 1.54) is 0 Å². The first-order valence-corrected chi connectivity index (χ1v) is 6.98. The summed E-state index contributed by atoms with van der Waals surface area (Å²) in [5.74, 6) is 1.21. The van der Waals surface area contributed by atoms with E-state index in [9.17, 15) is 4.79 Å². The number of carbonyl (C=O) groups excluding carboxylic acids is 1. The zero-order chi connectivity index (χ0) is 13.9. The van der Waals surface area contributed by atoms with Crippen molar-refractivity contribution in [3.63, 3.8) is 0 Å². The molecule has 5 nitrogen and oxygen atoms in total. The Morgan fingerprint density at radius 3 is 2.75 bits per heavy atom. The minimum absolute atomic E-state index is 0.102. The monoisotopic (exact) mass is 271 g/mol. The number of rotatable bonds is 4. The summed E-state index contributed by atoms with van der Waals surface area (Å²) in [6.07, 6.45) is 2.31. The molecule has 0 saturated carbocycles. The lowest BCUT2D eigenvalue weighted by atomic mass is 10.2. The van der Waals surface area contributed by atoms with Crippen LogP contribution in [0.1, 0.15) is 38.1 Å². The second-order valence-electron chi connectivity index (χ2n) is 4.93. The van der Waals surface area contributed by atoms with Crippen molar-refractivity contribution in [2.45, 2.75) is 32.2 Å². The molecule has 1 aliphatic rings. The fourth-order valence-corrected chi connectivity index (χ4v) is 2.59. The lowest BCUT2D eigenvalue weighted by molar-refractivity contribution is -0.130. The normalized spacial score (nSPS) is 16.6. The van der Waals surface area contributed by atoms with E-state index in [2.05, 4.69) is 10.2 Å².